The fraction of sp³-hybridized carbons (Fsp3) is 0.800. The summed E-state index contributed by atoms with van der Waals surface area (Å²) in [6.07, 6.45) is 1.47. The summed E-state index contributed by atoms with van der Waals surface area (Å²) in [5, 5.41) is 0. The van der Waals surface area contributed by atoms with E-state index in [1.165, 1.54) is 0 Å². The number of hydrogen-bond acceptors (Lipinski definition) is 1. The van der Waals surface area contributed by atoms with Crippen molar-refractivity contribution >= 4 is 40.0 Å². The van der Waals surface area contributed by atoms with E-state index in [0.29, 0.717) is 22.5 Å². The second-order valence-electron chi connectivity index (χ2n) is 1.46. The Hall–Kier alpha value is 0.690. The Bertz CT molecular complexity index is 74.8. The third-order valence-electron chi connectivity index (χ3n) is 0.738. The molecule has 0 aliphatic heterocycles. The Kier molecular flexibility index (Phi) is 6.32. The quantitative estimate of drug-likeness (QED) is 0.548. The molecule has 0 aliphatic rings. The van der Waals surface area contributed by atoms with Crippen LogP contribution in [0.4, 0.5) is 0 Å². The molecular formula is C5H8ClIO. The molecule has 0 saturated carbocycles. The van der Waals surface area contributed by atoms with Crippen LogP contribution >= 0.6 is 34.2 Å². The third kappa shape index (κ3) is 4.84. The van der Waals surface area contributed by atoms with Crippen molar-refractivity contribution < 1.29 is 4.79 Å². The number of hydrogen-bond donors (Lipinski definition) is 0. The topological polar surface area (TPSA) is 17.1 Å². The molecule has 0 aromatic rings. The van der Waals surface area contributed by atoms with Crippen LogP contribution in [-0.4, -0.2) is 16.1 Å². The van der Waals surface area contributed by atoms with Gasteiger partial charge < -0.3 is 0 Å². The van der Waals surface area contributed by atoms with Gasteiger partial charge in [0, 0.05) is 12.3 Å². The second kappa shape index (κ2) is 5.82. The van der Waals surface area contributed by atoms with Gasteiger partial charge in [0.05, 0.1) is 4.43 Å². The summed E-state index contributed by atoms with van der Waals surface area (Å²) >= 11 is 7.41. The molecule has 48 valence electrons. The van der Waals surface area contributed by atoms with E-state index in [2.05, 4.69) is 22.6 Å². The lowest BCUT2D eigenvalue weighted by Crippen LogP contribution is -1.97. The number of halogens is 2. The fourth-order valence-corrected chi connectivity index (χ4v) is 0.846. The highest BCUT2D eigenvalue weighted by molar-refractivity contribution is 14.1. The highest BCUT2D eigenvalue weighted by Crippen LogP contribution is 1.95. The first kappa shape index (κ1) is 8.69. The van der Waals surface area contributed by atoms with Crippen LogP contribution in [-0.2, 0) is 4.79 Å². The number of alkyl halides is 2. The molecule has 0 atom stereocenters. The lowest BCUT2D eigenvalue weighted by atomic mass is 10.3. The standard InChI is InChI=1S/C5H8ClIO/c6-3-1-2-5(8)4-7/h1-4H2. The lowest BCUT2D eigenvalue weighted by molar-refractivity contribution is -0.116. The molecule has 0 unspecified atom stereocenters. The maximum Gasteiger partial charge on any atom is 0.142 e. The first-order valence-electron chi connectivity index (χ1n) is 2.45. The number of Topliss-reactive ketones (excluding diaryl/α,β-unsaturated/α-hetero) is 1. The van der Waals surface area contributed by atoms with Gasteiger partial charge in [-0.3, -0.25) is 4.79 Å². The lowest BCUT2D eigenvalue weighted by Gasteiger charge is -1.89. The van der Waals surface area contributed by atoms with Gasteiger partial charge in [0.15, 0.2) is 0 Å². The van der Waals surface area contributed by atoms with Gasteiger partial charge in [-0.25, -0.2) is 0 Å². The summed E-state index contributed by atoms with van der Waals surface area (Å²) in [5.41, 5.74) is 0. The highest BCUT2D eigenvalue weighted by atomic mass is 127. The van der Waals surface area contributed by atoms with Crippen molar-refractivity contribution in [1.29, 1.82) is 0 Å². The second-order valence-corrected chi connectivity index (χ2v) is 2.61. The zero-order valence-corrected chi connectivity index (χ0v) is 7.41. The number of rotatable bonds is 4. The van der Waals surface area contributed by atoms with Crippen LogP contribution in [0.5, 0.6) is 0 Å². The van der Waals surface area contributed by atoms with Gasteiger partial charge in [0.1, 0.15) is 5.78 Å². The van der Waals surface area contributed by atoms with Gasteiger partial charge in [-0.1, -0.05) is 22.6 Å². The minimum atomic E-state index is 0.297. The van der Waals surface area contributed by atoms with Crippen LogP contribution in [0, 0.1) is 0 Å². The zero-order chi connectivity index (χ0) is 6.41. The molecule has 1 nitrogen and oxygen atoms in total. The SMILES string of the molecule is O=C(CI)CCCCl. The normalized spacial score (nSPS) is 9.25. The summed E-state index contributed by atoms with van der Waals surface area (Å²) in [7, 11) is 0. The maximum atomic E-state index is 10.5. The van der Waals surface area contributed by atoms with Crippen molar-refractivity contribution in [1.82, 2.24) is 0 Å². The van der Waals surface area contributed by atoms with Gasteiger partial charge in [0.2, 0.25) is 0 Å². The number of ketones is 1. The van der Waals surface area contributed by atoms with Crippen molar-refractivity contribution in [2.45, 2.75) is 12.8 Å². The number of carbonyl (C=O) groups is 1. The van der Waals surface area contributed by atoms with E-state index in [4.69, 9.17) is 11.6 Å². The van der Waals surface area contributed by atoms with Crippen molar-refractivity contribution in [2.24, 2.45) is 0 Å². The van der Waals surface area contributed by atoms with E-state index in [1.807, 2.05) is 0 Å². The van der Waals surface area contributed by atoms with Gasteiger partial charge >= 0.3 is 0 Å². The average molecular weight is 246 g/mol. The molecule has 0 aromatic carbocycles. The van der Waals surface area contributed by atoms with Gasteiger partial charge in [-0.05, 0) is 6.42 Å². The van der Waals surface area contributed by atoms with Crippen LogP contribution in [0.15, 0.2) is 0 Å². The van der Waals surface area contributed by atoms with Crippen molar-refractivity contribution in [3.05, 3.63) is 0 Å². The van der Waals surface area contributed by atoms with Gasteiger partial charge in [0.25, 0.3) is 0 Å². The minimum absolute atomic E-state index is 0.297. The molecule has 0 radical (unpaired) electrons. The van der Waals surface area contributed by atoms with Crippen LogP contribution in [0.25, 0.3) is 0 Å². The summed E-state index contributed by atoms with van der Waals surface area (Å²) < 4.78 is 0.620. The Morgan fingerprint density at radius 1 is 1.62 bits per heavy atom. The van der Waals surface area contributed by atoms with Crippen LogP contribution < -0.4 is 0 Å². The predicted molar refractivity (Wildman–Crippen MR) is 43.8 cm³/mol. The molecule has 3 heteroatoms. The van der Waals surface area contributed by atoms with Crippen LogP contribution in [0.2, 0.25) is 0 Å². The van der Waals surface area contributed by atoms with E-state index in [9.17, 15) is 4.79 Å². The van der Waals surface area contributed by atoms with Crippen LogP contribution in [0.3, 0.4) is 0 Å². The van der Waals surface area contributed by atoms with Crippen molar-refractivity contribution in [2.75, 3.05) is 10.3 Å². The van der Waals surface area contributed by atoms with E-state index in [1.54, 1.807) is 0 Å². The predicted octanol–water partition coefficient (Wildman–Crippen LogP) is 2.01. The Morgan fingerprint density at radius 2 is 2.25 bits per heavy atom. The summed E-state index contributed by atoms with van der Waals surface area (Å²) in [5.74, 6) is 0.897. The summed E-state index contributed by atoms with van der Waals surface area (Å²) in [6, 6.07) is 0. The molecule has 0 fully saturated rings. The van der Waals surface area contributed by atoms with E-state index < -0.39 is 0 Å². The Labute approximate surface area is 67.9 Å². The number of carbonyl (C=O) groups excluding carboxylic acids is 1. The first-order chi connectivity index (χ1) is 3.81. The third-order valence-corrected chi connectivity index (χ3v) is 1.86. The summed E-state index contributed by atoms with van der Waals surface area (Å²) in [4.78, 5) is 10.5. The van der Waals surface area contributed by atoms with E-state index in [0.717, 1.165) is 6.42 Å². The maximum absolute atomic E-state index is 10.5. The Morgan fingerprint density at radius 3 is 2.62 bits per heavy atom. The minimum Gasteiger partial charge on any atom is -0.299 e. The van der Waals surface area contributed by atoms with Crippen molar-refractivity contribution in [3.63, 3.8) is 0 Å². The van der Waals surface area contributed by atoms with Gasteiger partial charge in [-0.2, -0.15) is 0 Å². The van der Waals surface area contributed by atoms with Crippen molar-refractivity contribution in [3.8, 4) is 0 Å². The largest absolute Gasteiger partial charge is 0.299 e. The smallest absolute Gasteiger partial charge is 0.142 e. The molecule has 0 amide bonds. The molecule has 0 saturated heterocycles. The molecular weight excluding hydrogens is 238 g/mol. The fourth-order valence-electron chi connectivity index (χ4n) is 0.331. The molecule has 8 heavy (non-hydrogen) atoms. The van der Waals surface area contributed by atoms with Gasteiger partial charge in [-0.15, -0.1) is 11.6 Å². The molecule has 0 spiro atoms. The van der Waals surface area contributed by atoms with E-state index >= 15 is 0 Å². The van der Waals surface area contributed by atoms with Crippen LogP contribution in [0.1, 0.15) is 12.8 Å². The molecule has 0 aromatic heterocycles. The highest BCUT2D eigenvalue weighted by Gasteiger charge is 1.95. The molecule has 0 bridgehead atoms. The molecule has 0 N–H and O–H groups in total. The first-order valence-corrected chi connectivity index (χ1v) is 4.51. The monoisotopic (exact) mass is 246 g/mol. The summed E-state index contributed by atoms with van der Waals surface area (Å²) in [6.45, 7) is 0. The molecule has 0 aliphatic carbocycles. The average Bonchev–Trinajstić information content (AvgIpc) is 1.83. The molecule has 0 rings (SSSR count). The molecule has 0 heterocycles. The zero-order valence-electron chi connectivity index (χ0n) is 4.49. The van der Waals surface area contributed by atoms with E-state index in [-0.39, 0.29) is 0 Å². The Balaban J connectivity index is 2.99.